The number of methoxy groups -OCH3 is 1. The van der Waals surface area contributed by atoms with Crippen LogP contribution < -0.4 is 9.47 Å². The molecule has 4 aromatic rings. The van der Waals surface area contributed by atoms with E-state index in [1.165, 1.54) is 30.6 Å². The Bertz CT molecular complexity index is 1170. The molecule has 0 radical (unpaired) electrons. The first-order chi connectivity index (χ1) is 12.9. The van der Waals surface area contributed by atoms with E-state index < -0.39 is 6.61 Å². The molecule has 0 N–H and O–H groups in total. The van der Waals surface area contributed by atoms with Crippen molar-refractivity contribution in [3.63, 3.8) is 0 Å². The molecule has 0 aliphatic heterocycles. The highest BCUT2D eigenvalue weighted by molar-refractivity contribution is 7.15. The largest absolute Gasteiger partial charge is 0.494 e. The lowest BCUT2D eigenvalue weighted by Crippen LogP contribution is -2.04. The molecule has 0 fully saturated rings. The Morgan fingerprint density at radius 3 is 2.48 bits per heavy atom. The number of benzene rings is 1. The predicted molar refractivity (Wildman–Crippen MR) is 96.8 cm³/mol. The average molecular weight is 391 g/mol. The van der Waals surface area contributed by atoms with Crippen LogP contribution in [0.4, 0.5) is 8.78 Å². The molecule has 0 amide bonds. The van der Waals surface area contributed by atoms with Crippen LogP contribution in [-0.4, -0.2) is 38.3 Å². The molecule has 3 heterocycles. The zero-order chi connectivity index (χ0) is 19.3. The maximum atomic E-state index is 12.8. The standard InChI is InChI=1S/C17H15F2N5O2S/c1-7-14(27-9(3)20-7)16-21-8(2)15-23-22-13-11(24(15)16)5-10(26-17(18)19)6-12(13)25-4/h5-6,17H,1-4H3. The van der Waals surface area contributed by atoms with Gasteiger partial charge in [-0.05, 0) is 20.8 Å². The van der Waals surface area contributed by atoms with E-state index in [4.69, 9.17) is 4.74 Å². The molecule has 0 saturated carbocycles. The normalized spacial score (nSPS) is 11.7. The van der Waals surface area contributed by atoms with E-state index >= 15 is 0 Å². The Morgan fingerprint density at radius 1 is 1.07 bits per heavy atom. The van der Waals surface area contributed by atoms with E-state index in [1.54, 1.807) is 4.40 Å². The number of halogens is 2. The monoisotopic (exact) mass is 391 g/mol. The van der Waals surface area contributed by atoms with Gasteiger partial charge in [-0.2, -0.15) is 8.78 Å². The molecule has 140 valence electrons. The van der Waals surface area contributed by atoms with Crippen LogP contribution in [-0.2, 0) is 0 Å². The number of alkyl halides is 2. The second kappa shape index (κ2) is 6.38. The number of aryl methyl sites for hydroxylation is 3. The third-order valence-corrected chi connectivity index (χ3v) is 5.16. The summed E-state index contributed by atoms with van der Waals surface area (Å²) < 4.78 is 37.2. The zero-order valence-corrected chi connectivity index (χ0v) is 15.8. The lowest BCUT2D eigenvalue weighted by atomic mass is 10.2. The average Bonchev–Trinajstić information content (AvgIpc) is 3.12. The van der Waals surface area contributed by atoms with Crippen LogP contribution in [0.3, 0.4) is 0 Å². The Hall–Kier alpha value is -2.88. The van der Waals surface area contributed by atoms with E-state index in [0.29, 0.717) is 28.2 Å². The Balaban J connectivity index is 2.11. The zero-order valence-electron chi connectivity index (χ0n) is 14.9. The number of imidazole rings is 1. The van der Waals surface area contributed by atoms with Crippen LogP contribution in [0.1, 0.15) is 16.4 Å². The summed E-state index contributed by atoms with van der Waals surface area (Å²) in [4.78, 5) is 9.97. The minimum absolute atomic E-state index is 0.0295. The summed E-state index contributed by atoms with van der Waals surface area (Å²) in [5.74, 6) is 0.881. The van der Waals surface area contributed by atoms with Gasteiger partial charge in [-0.25, -0.2) is 9.97 Å². The fourth-order valence-electron chi connectivity index (χ4n) is 3.02. The van der Waals surface area contributed by atoms with Gasteiger partial charge in [-0.15, -0.1) is 21.5 Å². The van der Waals surface area contributed by atoms with E-state index in [2.05, 4.69) is 24.9 Å². The number of thiazole rings is 1. The predicted octanol–water partition coefficient (Wildman–Crippen LogP) is 3.94. The molecule has 0 saturated heterocycles. The van der Waals surface area contributed by atoms with Crippen LogP contribution in [0.25, 0.3) is 27.4 Å². The summed E-state index contributed by atoms with van der Waals surface area (Å²) in [7, 11) is 1.43. The van der Waals surface area contributed by atoms with Gasteiger partial charge in [0, 0.05) is 12.1 Å². The topological polar surface area (TPSA) is 74.4 Å². The number of ether oxygens (including phenoxy) is 2. The number of aromatic nitrogens is 5. The number of nitrogens with zero attached hydrogens (tertiary/aromatic N) is 5. The first-order valence-corrected chi connectivity index (χ1v) is 8.83. The third kappa shape index (κ3) is 2.85. The molecule has 10 heteroatoms. The van der Waals surface area contributed by atoms with Gasteiger partial charge in [-0.1, -0.05) is 0 Å². The first kappa shape index (κ1) is 17.5. The minimum atomic E-state index is -2.95. The van der Waals surface area contributed by atoms with Crippen molar-refractivity contribution in [2.45, 2.75) is 27.4 Å². The van der Waals surface area contributed by atoms with Gasteiger partial charge in [0.2, 0.25) is 0 Å². The SMILES string of the molecule is COc1cc(OC(F)F)cc2c1nnc1c(C)nc(-c3sc(C)nc3C)n12. The molecule has 3 aromatic heterocycles. The van der Waals surface area contributed by atoms with Crippen molar-refractivity contribution < 1.29 is 18.3 Å². The maximum absolute atomic E-state index is 12.8. The van der Waals surface area contributed by atoms with Crippen molar-refractivity contribution in [3.05, 3.63) is 28.5 Å². The molecule has 0 spiro atoms. The lowest BCUT2D eigenvalue weighted by molar-refractivity contribution is -0.0498. The summed E-state index contributed by atoms with van der Waals surface area (Å²) in [5.41, 5.74) is 2.96. The molecule has 4 rings (SSSR count). The number of hydrogen-bond acceptors (Lipinski definition) is 7. The van der Waals surface area contributed by atoms with Gasteiger partial charge < -0.3 is 9.47 Å². The molecule has 0 aliphatic rings. The minimum Gasteiger partial charge on any atom is -0.494 e. The van der Waals surface area contributed by atoms with Gasteiger partial charge in [0.15, 0.2) is 22.7 Å². The van der Waals surface area contributed by atoms with Gasteiger partial charge in [0.25, 0.3) is 0 Å². The Kier molecular flexibility index (Phi) is 4.14. The first-order valence-electron chi connectivity index (χ1n) is 8.01. The molecule has 7 nitrogen and oxygen atoms in total. The molecule has 0 bridgehead atoms. The number of fused-ring (bicyclic) bond motifs is 3. The molecule has 1 aromatic carbocycles. The number of rotatable bonds is 4. The Labute approximate surface area is 156 Å². The van der Waals surface area contributed by atoms with E-state index in [-0.39, 0.29) is 11.5 Å². The molecule has 27 heavy (non-hydrogen) atoms. The van der Waals surface area contributed by atoms with Crippen molar-refractivity contribution in [1.29, 1.82) is 0 Å². The van der Waals surface area contributed by atoms with Crippen molar-refractivity contribution in [1.82, 2.24) is 24.6 Å². The van der Waals surface area contributed by atoms with Crippen LogP contribution in [0.15, 0.2) is 12.1 Å². The van der Waals surface area contributed by atoms with Gasteiger partial charge in [0.05, 0.1) is 33.9 Å². The van der Waals surface area contributed by atoms with Crippen LogP contribution in [0, 0.1) is 20.8 Å². The Morgan fingerprint density at radius 2 is 1.85 bits per heavy atom. The molecule has 0 atom stereocenters. The quantitative estimate of drug-likeness (QED) is 0.525. The van der Waals surface area contributed by atoms with Gasteiger partial charge >= 0.3 is 6.61 Å². The van der Waals surface area contributed by atoms with E-state index in [9.17, 15) is 8.78 Å². The molecule has 0 unspecified atom stereocenters. The summed E-state index contributed by atoms with van der Waals surface area (Å²) >= 11 is 1.50. The van der Waals surface area contributed by atoms with Crippen molar-refractivity contribution in [3.8, 4) is 22.2 Å². The second-order valence-corrected chi connectivity index (χ2v) is 7.10. The molecule has 0 aliphatic carbocycles. The highest BCUT2D eigenvalue weighted by atomic mass is 32.1. The summed E-state index contributed by atoms with van der Waals surface area (Å²) in [6.07, 6.45) is 0. The van der Waals surface area contributed by atoms with Gasteiger partial charge in [0.1, 0.15) is 5.75 Å². The summed E-state index contributed by atoms with van der Waals surface area (Å²) in [5, 5.41) is 9.37. The van der Waals surface area contributed by atoms with Crippen molar-refractivity contribution >= 4 is 28.0 Å². The molecular weight excluding hydrogens is 376 g/mol. The third-order valence-electron chi connectivity index (χ3n) is 4.09. The van der Waals surface area contributed by atoms with Crippen LogP contribution in [0.5, 0.6) is 11.5 Å². The highest BCUT2D eigenvalue weighted by Crippen LogP contribution is 2.35. The maximum Gasteiger partial charge on any atom is 0.387 e. The van der Waals surface area contributed by atoms with Crippen molar-refractivity contribution in [2.75, 3.05) is 7.11 Å². The van der Waals surface area contributed by atoms with Crippen LogP contribution >= 0.6 is 11.3 Å². The van der Waals surface area contributed by atoms with Gasteiger partial charge in [-0.3, -0.25) is 4.40 Å². The van der Waals surface area contributed by atoms with E-state index in [0.717, 1.165) is 15.6 Å². The van der Waals surface area contributed by atoms with Crippen molar-refractivity contribution in [2.24, 2.45) is 0 Å². The fraction of sp³-hybridized carbons (Fsp3) is 0.294. The summed E-state index contributed by atoms with van der Waals surface area (Å²) in [6, 6.07) is 2.85. The van der Waals surface area contributed by atoms with E-state index in [1.807, 2.05) is 20.8 Å². The highest BCUT2D eigenvalue weighted by Gasteiger charge is 2.21. The second-order valence-electron chi connectivity index (χ2n) is 5.90. The fourth-order valence-corrected chi connectivity index (χ4v) is 3.92. The molecular formula is C17H15F2N5O2S. The summed E-state index contributed by atoms with van der Waals surface area (Å²) in [6.45, 7) is 2.68. The smallest absolute Gasteiger partial charge is 0.387 e. The van der Waals surface area contributed by atoms with Crippen LogP contribution in [0.2, 0.25) is 0 Å². The number of hydrogen-bond donors (Lipinski definition) is 0. The lowest BCUT2D eigenvalue weighted by Gasteiger charge is -2.11.